The van der Waals surface area contributed by atoms with Gasteiger partial charge in [0.1, 0.15) is 0 Å². The summed E-state index contributed by atoms with van der Waals surface area (Å²) in [5.74, 6) is 2.68. The molecule has 0 amide bonds. The average molecular weight is 204 g/mol. The van der Waals surface area contributed by atoms with Gasteiger partial charge in [-0.1, -0.05) is 27.2 Å². The van der Waals surface area contributed by atoms with Crippen LogP contribution in [0.15, 0.2) is 0 Å². The lowest BCUT2D eigenvalue weighted by Gasteiger charge is -2.11. The average Bonchev–Trinajstić information content (AvgIpc) is 2.15. The molecule has 2 atom stereocenters. The van der Waals surface area contributed by atoms with E-state index >= 15 is 0 Å². The molecule has 0 fully saturated rings. The highest BCUT2D eigenvalue weighted by Gasteiger charge is 2.12. The van der Waals surface area contributed by atoms with Crippen molar-refractivity contribution < 1.29 is 9.53 Å². The van der Waals surface area contributed by atoms with Crippen molar-refractivity contribution in [2.75, 3.05) is 18.6 Å². The van der Waals surface area contributed by atoms with Crippen molar-refractivity contribution >= 4 is 17.7 Å². The van der Waals surface area contributed by atoms with Gasteiger partial charge in [-0.15, -0.1) is 0 Å². The molecule has 0 radical (unpaired) electrons. The number of hydrogen-bond acceptors (Lipinski definition) is 3. The van der Waals surface area contributed by atoms with Gasteiger partial charge in [0.25, 0.3) is 0 Å². The normalized spacial score (nSPS) is 15.1. The summed E-state index contributed by atoms with van der Waals surface area (Å²) in [6.45, 7) is 6.33. The smallest absolute Gasteiger partial charge is 0.309 e. The summed E-state index contributed by atoms with van der Waals surface area (Å²) in [4.78, 5) is 11.0. The molecule has 78 valence electrons. The maximum atomic E-state index is 11.0. The number of carbonyl (C=O) groups is 1. The predicted octanol–water partition coefficient (Wildman–Crippen LogP) is 2.57. The fourth-order valence-corrected chi connectivity index (χ4v) is 2.10. The molecule has 0 saturated heterocycles. The van der Waals surface area contributed by atoms with Crippen molar-refractivity contribution in [2.45, 2.75) is 27.2 Å². The van der Waals surface area contributed by atoms with Crippen LogP contribution in [0.2, 0.25) is 0 Å². The van der Waals surface area contributed by atoms with Crippen LogP contribution in [-0.2, 0) is 9.53 Å². The minimum Gasteiger partial charge on any atom is -0.469 e. The first-order chi connectivity index (χ1) is 6.11. The predicted molar refractivity (Wildman–Crippen MR) is 58.0 cm³/mol. The van der Waals surface area contributed by atoms with Gasteiger partial charge in [-0.05, 0) is 11.7 Å². The number of methoxy groups -OCH3 is 1. The highest BCUT2D eigenvalue weighted by atomic mass is 32.2. The van der Waals surface area contributed by atoms with Gasteiger partial charge in [-0.25, -0.2) is 0 Å². The van der Waals surface area contributed by atoms with Gasteiger partial charge >= 0.3 is 5.97 Å². The molecule has 0 heterocycles. The van der Waals surface area contributed by atoms with Gasteiger partial charge in [0.2, 0.25) is 0 Å². The second-order valence-electron chi connectivity index (χ2n) is 3.48. The van der Waals surface area contributed by atoms with E-state index in [1.807, 2.05) is 18.7 Å². The SMILES string of the molecule is CCC(C)CSCC(C)C(=O)OC. The molecule has 0 spiro atoms. The van der Waals surface area contributed by atoms with E-state index in [-0.39, 0.29) is 11.9 Å². The summed E-state index contributed by atoms with van der Waals surface area (Å²) in [7, 11) is 1.44. The third-order valence-electron chi connectivity index (χ3n) is 2.07. The molecule has 3 heteroatoms. The zero-order valence-electron chi connectivity index (χ0n) is 9.00. The van der Waals surface area contributed by atoms with Crippen molar-refractivity contribution in [3.63, 3.8) is 0 Å². The number of ether oxygens (including phenoxy) is 1. The van der Waals surface area contributed by atoms with E-state index < -0.39 is 0 Å². The Morgan fingerprint density at radius 3 is 2.46 bits per heavy atom. The van der Waals surface area contributed by atoms with E-state index in [4.69, 9.17) is 0 Å². The first kappa shape index (κ1) is 12.8. The quantitative estimate of drug-likeness (QED) is 0.622. The van der Waals surface area contributed by atoms with Crippen molar-refractivity contribution in [3.8, 4) is 0 Å². The molecule has 2 unspecified atom stereocenters. The molecule has 0 rings (SSSR count). The highest BCUT2D eigenvalue weighted by molar-refractivity contribution is 7.99. The molecule has 13 heavy (non-hydrogen) atoms. The molecule has 0 aromatic heterocycles. The first-order valence-corrected chi connectivity index (χ1v) is 5.92. The third kappa shape index (κ3) is 5.97. The van der Waals surface area contributed by atoms with Crippen LogP contribution in [0.3, 0.4) is 0 Å². The molecule has 0 saturated carbocycles. The zero-order valence-corrected chi connectivity index (χ0v) is 9.82. The number of carbonyl (C=O) groups excluding carboxylic acids is 1. The van der Waals surface area contributed by atoms with Crippen LogP contribution in [0, 0.1) is 11.8 Å². The standard InChI is InChI=1S/C10H20O2S/c1-5-8(2)6-13-7-9(3)10(11)12-4/h8-9H,5-7H2,1-4H3. The van der Waals surface area contributed by atoms with Gasteiger partial charge < -0.3 is 4.74 Å². The van der Waals surface area contributed by atoms with E-state index in [2.05, 4.69) is 18.6 Å². The van der Waals surface area contributed by atoms with Gasteiger partial charge in [-0.2, -0.15) is 11.8 Å². The van der Waals surface area contributed by atoms with Crippen molar-refractivity contribution in [1.29, 1.82) is 0 Å². The largest absolute Gasteiger partial charge is 0.469 e. The van der Waals surface area contributed by atoms with Crippen LogP contribution in [0.5, 0.6) is 0 Å². The number of esters is 1. The Labute approximate surface area is 85.4 Å². The lowest BCUT2D eigenvalue weighted by Crippen LogP contribution is -2.15. The number of hydrogen-bond donors (Lipinski definition) is 0. The second kappa shape index (κ2) is 7.25. The Hall–Kier alpha value is -0.180. The molecular formula is C10H20O2S. The van der Waals surface area contributed by atoms with Crippen LogP contribution in [0.1, 0.15) is 27.2 Å². The lowest BCUT2D eigenvalue weighted by atomic mass is 10.2. The molecule has 0 aliphatic carbocycles. The van der Waals surface area contributed by atoms with Gasteiger partial charge in [0.05, 0.1) is 13.0 Å². The highest BCUT2D eigenvalue weighted by Crippen LogP contribution is 2.15. The molecule has 0 aromatic rings. The van der Waals surface area contributed by atoms with E-state index in [1.165, 1.54) is 13.5 Å². The zero-order chi connectivity index (χ0) is 10.3. The van der Waals surface area contributed by atoms with Crippen LogP contribution in [0.25, 0.3) is 0 Å². The van der Waals surface area contributed by atoms with Crippen LogP contribution in [0.4, 0.5) is 0 Å². The van der Waals surface area contributed by atoms with E-state index in [0.717, 1.165) is 17.4 Å². The topological polar surface area (TPSA) is 26.3 Å². The maximum Gasteiger partial charge on any atom is 0.309 e. The first-order valence-electron chi connectivity index (χ1n) is 4.77. The van der Waals surface area contributed by atoms with Crippen molar-refractivity contribution in [1.82, 2.24) is 0 Å². The molecule has 0 bridgehead atoms. The summed E-state index contributed by atoms with van der Waals surface area (Å²) in [6, 6.07) is 0. The fraction of sp³-hybridized carbons (Fsp3) is 0.900. The summed E-state index contributed by atoms with van der Waals surface area (Å²) < 4.78 is 4.64. The Kier molecular flexibility index (Phi) is 7.14. The summed E-state index contributed by atoms with van der Waals surface area (Å²) in [5, 5.41) is 0. The summed E-state index contributed by atoms with van der Waals surface area (Å²) in [6.07, 6.45) is 1.21. The van der Waals surface area contributed by atoms with Crippen LogP contribution < -0.4 is 0 Å². The molecule has 0 aromatic carbocycles. The molecule has 0 aliphatic rings. The number of rotatable bonds is 6. The van der Waals surface area contributed by atoms with Gasteiger partial charge in [0, 0.05) is 5.75 Å². The van der Waals surface area contributed by atoms with Crippen molar-refractivity contribution in [2.24, 2.45) is 11.8 Å². The molecular weight excluding hydrogens is 184 g/mol. The molecule has 0 N–H and O–H groups in total. The van der Waals surface area contributed by atoms with Gasteiger partial charge in [0.15, 0.2) is 0 Å². The second-order valence-corrected chi connectivity index (χ2v) is 4.55. The van der Waals surface area contributed by atoms with E-state index in [9.17, 15) is 4.79 Å². The van der Waals surface area contributed by atoms with E-state index in [0.29, 0.717) is 0 Å². The fourth-order valence-electron chi connectivity index (χ4n) is 0.833. The van der Waals surface area contributed by atoms with Crippen molar-refractivity contribution in [3.05, 3.63) is 0 Å². The molecule has 2 nitrogen and oxygen atoms in total. The Morgan fingerprint density at radius 2 is 2.00 bits per heavy atom. The monoisotopic (exact) mass is 204 g/mol. The number of thioether (sulfide) groups is 1. The maximum absolute atomic E-state index is 11.0. The Bertz CT molecular complexity index is 148. The van der Waals surface area contributed by atoms with Crippen LogP contribution in [-0.4, -0.2) is 24.6 Å². The molecule has 0 aliphatic heterocycles. The van der Waals surface area contributed by atoms with Crippen LogP contribution >= 0.6 is 11.8 Å². The minimum atomic E-state index is -0.100. The lowest BCUT2D eigenvalue weighted by molar-refractivity contribution is -0.143. The minimum absolute atomic E-state index is 0.0269. The van der Waals surface area contributed by atoms with E-state index in [1.54, 1.807) is 0 Å². The van der Waals surface area contributed by atoms with Gasteiger partial charge in [-0.3, -0.25) is 4.79 Å². The summed E-state index contributed by atoms with van der Waals surface area (Å²) in [5.41, 5.74) is 0. The Morgan fingerprint density at radius 1 is 1.38 bits per heavy atom. The Balaban J connectivity index is 3.47. The summed E-state index contributed by atoms with van der Waals surface area (Å²) >= 11 is 1.84. The third-order valence-corrected chi connectivity index (χ3v) is 3.61.